The SMILES string of the molecule is CCN(CC)c1ccc(NC(=O)CNc2ccc(C#N)cc2)c(C)c1. The molecule has 2 N–H and O–H groups in total. The van der Waals surface area contributed by atoms with Gasteiger partial charge in [0.1, 0.15) is 0 Å². The molecule has 0 aliphatic rings. The number of hydrogen-bond donors (Lipinski definition) is 2. The average molecular weight is 336 g/mol. The lowest BCUT2D eigenvalue weighted by Crippen LogP contribution is -2.23. The molecule has 0 unspecified atom stereocenters. The quantitative estimate of drug-likeness (QED) is 0.808. The Bertz CT molecular complexity index is 758. The molecule has 5 heteroatoms. The number of hydrogen-bond acceptors (Lipinski definition) is 4. The lowest BCUT2D eigenvalue weighted by Gasteiger charge is -2.22. The fourth-order valence-electron chi connectivity index (χ4n) is 2.61. The van der Waals surface area contributed by atoms with Gasteiger partial charge in [0.2, 0.25) is 5.91 Å². The Kier molecular flexibility index (Phi) is 6.41. The number of nitriles is 1. The number of rotatable bonds is 7. The minimum Gasteiger partial charge on any atom is -0.376 e. The van der Waals surface area contributed by atoms with E-state index in [0.29, 0.717) is 5.56 Å². The van der Waals surface area contributed by atoms with E-state index >= 15 is 0 Å². The Hall–Kier alpha value is -3.00. The first-order chi connectivity index (χ1) is 12.1. The van der Waals surface area contributed by atoms with Gasteiger partial charge in [-0.2, -0.15) is 5.26 Å². The number of nitrogens with one attached hydrogen (secondary N) is 2. The van der Waals surface area contributed by atoms with Crippen LogP contribution in [0.1, 0.15) is 25.0 Å². The highest BCUT2D eigenvalue weighted by Gasteiger charge is 2.08. The Morgan fingerprint density at radius 2 is 1.80 bits per heavy atom. The van der Waals surface area contributed by atoms with Gasteiger partial charge in [-0.3, -0.25) is 4.79 Å². The molecule has 0 spiro atoms. The van der Waals surface area contributed by atoms with E-state index in [1.54, 1.807) is 24.3 Å². The van der Waals surface area contributed by atoms with Crippen LogP contribution in [-0.4, -0.2) is 25.5 Å². The molecule has 0 aliphatic carbocycles. The summed E-state index contributed by atoms with van der Waals surface area (Å²) in [5.41, 5.74) is 4.43. The van der Waals surface area contributed by atoms with Crippen molar-refractivity contribution in [3.8, 4) is 6.07 Å². The summed E-state index contributed by atoms with van der Waals surface area (Å²) in [7, 11) is 0. The molecule has 0 radical (unpaired) electrons. The summed E-state index contributed by atoms with van der Waals surface area (Å²) in [5.74, 6) is -0.108. The van der Waals surface area contributed by atoms with Crippen molar-refractivity contribution in [2.45, 2.75) is 20.8 Å². The molecule has 2 aromatic rings. The first-order valence-corrected chi connectivity index (χ1v) is 8.46. The maximum Gasteiger partial charge on any atom is 0.243 e. The Morgan fingerprint density at radius 3 is 2.36 bits per heavy atom. The molecule has 2 rings (SSSR count). The zero-order chi connectivity index (χ0) is 18.2. The van der Waals surface area contributed by atoms with Crippen molar-refractivity contribution in [2.24, 2.45) is 0 Å². The van der Waals surface area contributed by atoms with Crippen LogP contribution >= 0.6 is 0 Å². The molecule has 0 heterocycles. The largest absolute Gasteiger partial charge is 0.376 e. The van der Waals surface area contributed by atoms with Gasteiger partial charge in [0.15, 0.2) is 0 Å². The van der Waals surface area contributed by atoms with E-state index in [9.17, 15) is 4.79 Å². The highest BCUT2D eigenvalue weighted by atomic mass is 16.1. The van der Waals surface area contributed by atoms with E-state index in [1.165, 1.54) is 0 Å². The first kappa shape index (κ1) is 18.3. The molecule has 0 saturated carbocycles. The minimum atomic E-state index is -0.108. The number of benzene rings is 2. The molecule has 0 aromatic heterocycles. The number of amides is 1. The van der Waals surface area contributed by atoms with Crippen molar-refractivity contribution in [1.29, 1.82) is 5.26 Å². The lowest BCUT2D eigenvalue weighted by molar-refractivity contribution is -0.114. The molecule has 1 amide bonds. The van der Waals surface area contributed by atoms with Crippen molar-refractivity contribution in [1.82, 2.24) is 0 Å². The second-order valence-electron chi connectivity index (χ2n) is 5.76. The molecule has 0 fully saturated rings. The molecule has 130 valence electrons. The van der Waals surface area contributed by atoms with Crippen molar-refractivity contribution in [3.05, 3.63) is 53.6 Å². The number of anilines is 3. The van der Waals surface area contributed by atoms with Crippen LogP contribution in [0, 0.1) is 18.3 Å². The zero-order valence-corrected chi connectivity index (χ0v) is 15.0. The number of carbonyl (C=O) groups is 1. The van der Waals surface area contributed by atoms with Gasteiger partial charge in [0.25, 0.3) is 0 Å². The molecule has 0 atom stereocenters. The van der Waals surface area contributed by atoms with Gasteiger partial charge in [-0.1, -0.05) is 0 Å². The van der Waals surface area contributed by atoms with Crippen LogP contribution in [0.25, 0.3) is 0 Å². The van der Waals surface area contributed by atoms with E-state index in [1.807, 2.05) is 19.1 Å². The predicted octanol–water partition coefficient (Wildman–Crippen LogP) is 3.76. The second kappa shape index (κ2) is 8.74. The smallest absolute Gasteiger partial charge is 0.243 e. The van der Waals surface area contributed by atoms with Gasteiger partial charge >= 0.3 is 0 Å². The third-order valence-electron chi connectivity index (χ3n) is 4.08. The van der Waals surface area contributed by atoms with E-state index < -0.39 is 0 Å². The molecule has 0 aliphatic heterocycles. The zero-order valence-electron chi connectivity index (χ0n) is 15.0. The Morgan fingerprint density at radius 1 is 1.12 bits per heavy atom. The van der Waals surface area contributed by atoms with Gasteiger partial charge in [-0.25, -0.2) is 0 Å². The summed E-state index contributed by atoms with van der Waals surface area (Å²) in [6, 6.07) is 15.2. The number of carbonyl (C=O) groups excluding carboxylic acids is 1. The monoisotopic (exact) mass is 336 g/mol. The highest BCUT2D eigenvalue weighted by molar-refractivity contribution is 5.94. The van der Waals surface area contributed by atoms with E-state index in [2.05, 4.69) is 41.5 Å². The normalized spacial score (nSPS) is 10.0. The summed E-state index contributed by atoms with van der Waals surface area (Å²) in [6.45, 7) is 8.33. The van der Waals surface area contributed by atoms with Crippen LogP contribution in [0.15, 0.2) is 42.5 Å². The second-order valence-corrected chi connectivity index (χ2v) is 5.76. The van der Waals surface area contributed by atoms with Crippen molar-refractivity contribution in [3.63, 3.8) is 0 Å². The van der Waals surface area contributed by atoms with Gasteiger partial charge < -0.3 is 15.5 Å². The highest BCUT2D eigenvalue weighted by Crippen LogP contribution is 2.22. The van der Waals surface area contributed by atoms with Gasteiger partial charge in [0.05, 0.1) is 18.2 Å². The molecular formula is C20H24N4O. The van der Waals surface area contributed by atoms with Crippen LogP contribution in [0.5, 0.6) is 0 Å². The van der Waals surface area contributed by atoms with Crippen LogP contribution < -0.4 is 15.5 Å². The molecule has 0 saturated heterocycles. The topological polar surface area (TPSA) is 68.2 Å². The maximum absolute atomic E-state index is 12.2. The molecule has 5 nitrogen and oxygen atoms in total. The van der Waals surface area contributed by atoms with Crippen LogP contribution in [0.3, 0.4) is 0 Å². The van der Waals surface area contributed by atoms with Crippen LogP contribution in [0.2, 0.25) is 0 Å². The van der Waals surface area contributed by atoms with Gasteiger partial charge in [-0.05, 0) is 68.8 Å². The number of nitrogens with zero attached hydrogens (tertiary/aromatic N) is 2. The average Bonchev–Trinajstić information content (AvgIpc) is 2.63. The molecule has 2 aromatic carbocycles. The fraction of sp³-hybridized carbons (Fsp3) is 0.300. The standard InChI is InChI=1S/C20H24N4O/c1-4-24(5-2)18-10-11-19(15(3)12-18)23-20(25)14-22-17-8-6-16(13-21)7-9-17/h6-12,22H,4-5,14H2,1-3H3,(H,23,25). The van der Waals surface area contributed by atoms with Crippen molar-refractivity contribution in [2.75, 3.05) is 35.2 Å². The summed E-state index contributed by atoms with van der Waals surface area (Å²) in [5, 5.41) is 14.8. The summed E-state index contributed by atoms with van der Waals surface area (Å²) >= 11 is 0. The van der Waals surface area contributed by atoms with Gasteiger partial charge in [-0.15, -0.1) is 0 Å². The van der Waals surface area contributed by atoms with Gasteiger partial charge in [0, 0.05) is 30.2 Å². The minimum absolute atomic E-state index is 0.108. The first-order valence-electron chi connectivity index (χ1n) is 8.46. The van der Waals surface area contributed by atoms with Crippen LogP contribution in [0.4, 0.5) is 17.1 Å². The fourth-order valence-corrected chi connectivity index (χ4v) is 2.61. The maximum atomic E-state index is 12.2. The third kappa shape index (κ3) is 4.98. The van der Waals surface area contributed by atoms with E-state index in [4.69, 9.17) is 5.26 Å². The van der Waals surface area contributed by atoms with E-state index in [0.717, 1.165) is 35.7 Å². The summed E-state index contributed by atoms with van der Waals surface area (Å²) < 4.78 is 0. The van der Waals surface area contributed by atoms with Crippen molar-refractivity contribution < 1.29 is 4.79 Å². The Balaban J connectivity index is 1.94. The number of aryl methyl sites for hydroxylation is 1. The van der Waals surface area contributed by atoms with Crippen molar-refractivity contribution >= 4 is 23.0 Å². The molecule has 0 bridgehead atoms. The summed E-state index contributed by atoms with van der Waals surface area (Å²) in [6.07, 6.45) is 0. The third-order valence-corrected chi connectivity index (χ3v) is 4.08. The predicted molar refractivity (Wildman–Crippen MR) is 103 cm³/mol. The van der Waals surface area contributed by atoms with E-state index in [-0.39, 0.29) is 12.5 Å². The Labute approximate surface area is 149 Å². The summed E-state index contributed by atoms with van der Waals surface area (Å²) in [4.78, 5) is 14.4. The molecular weight excluding hydrogens is 312 g/mol. The lowest BCUT2D eigenvalue weighted by atomic mass is 10.1. The molecule has 25 heavy (non-hydrogen) atoms. The van der Waals surface area contributed by atoms with Crippen LogP contribution in [-0.2, 0) is 4.79 Å².